The Morgan fingerprint density at radius 2 is 1.95 bits per heavy atom. The lowest BCUT2D eigenvalue weighted by atomic mass is 9.89. The zero-order valence-corrected chi connectivity index (χ0v) is 12.5. The molecule has 0 amide bonds. The molecule has 0 atom stereocenters. The average Bonchev–Trinajstić information content (AvgIpc) is 2.72. The van der Waals surface area contributed by atoms with Crippen LogP contribution in [0.3, 0.4) is 0 Å². The smallest absolute Gasteiger partial charge is 0.0651 e. The quantitative estimate of drug-likeness (QED) is 0.865. The van der Waals surface area contributed by atoms with Gasteiger partial charge in [-0.3, -0.25) is 0 Å². The van der Waals surface area contributed by atoms with Crippen molar-refractivity contribution < 1.29 is 0 Å². The number of H-pyrrole nitrogens is 1. The minimum Gasteiger partial charge on any atom is -0.373 e. The summed E-state index contributed by atoms with van der Waals surface area (Å²) in [4.78, 5) is 5.79. The third-order valence-corrected chi connectivity index (χ3v) is 3.92. The first-order chi connectivity index (χ1) is 8.94. The minimum absolute atomic E-state index is 0.203. The Morgan fingerprint density at radius 3 is 2.63 bits per heavy atom. The highest BCUT2D eigenvalue weighted by atomic mass is 15.1. The van der Waals surface area contributed by atoms with Crippen molar-refractivity contribution in [3.05, 3.63) is 30.0 Å². The number of anilines is 1. The van der Waals surface area contributed by atoms with Crippen LogP contribution in [0.1, 0.15) is 26.0 Å². The van der Waals surface area contributed by atoms with Crippen LogP contribution < -0.4 is 10.6 Å². The molecule has 3 N–H and O–H groups in total. The van der Waals surface area contributed by atoms with Crippen LogP contribution in [0.15, 0.2) is 24.3 Å². The van der Waals surface area contributed by atoms with E-state index >= 15 is 0 Å². The first-order valence-electron chi connectivity index (χ1n) is 6.93. The van der Waals surface area contributed by atoms with E-state index in [2.05, 4.69) is 62.0 Å². The van der Waals surface area contributed by atoms with Crippen LogP contribution >= 0.6 is 0 Å². The molecular weight excluding hydrogens is 234 g/mol. The third-order valence-electron chi connectivity index (χ3n) is 3.92. The largest absolute Gasteiger partial charge is 0.373 e. The van der Waals surface area contributed by atoms with Gasteiger partial charge in [-0.1, -0.05) is 32.0 Å². The molecular formula is C16H25N3. The van der Waals surface area contributed by atoms with Crippen molar-refractivity contribution in [2.45, 2.75) is 27.2 Å². The van der Waals surface area contributed by atoms with E-state index in [0.717, 1.165) is 19.5 Å². The summed E-state index contributed by atoms with van der Waals surface area (Å²) in [5.41, 5.74) is 9.76. The highest BCUT2D eigenvalue weighted by Crippen LogP contribution is 2.30. The molecule has 1 aromatic carbocycles. The van der Waals surface area contributed by atoms with Crippen LogP contribution in [-0.2, 0) is 0 Å². The number of para-hydroxylation sites is 1. The number of rotatable bonds is 5. The molecule has 0 aliphatic carbocycles. The predicted molar refractivity (Wildman–Crippen MR) is 83.8 cm³/mol. The molecule has 0 bridgehead atoms. The summed E-state index contributed by atoms with van der Waals surface area (Å²) in [5, 5.41) is 1.30. The lowest BCUT2D eigenvalue weighted by Crippen LogP contribution is -2.29. The van der Waals surface area contributed by atoms with Gasteiger partial charge in [-0.15, -0.1) is 0 Å². The van der Waals surface area contributed by atoms with E-state index in [0.29, 0.717) is 0 Å². The summed E-state index contributed by atoms with van der Waals surface area (Å²) in [6.07, 6.45) is 1.10. The standard InChI is InChI=1S/C16H25N3/c1-12-15(13-7-5-6-8-14(13)18-12)19(4)10-9-16(2,3)11-17/h5-8,18H,9-11,17H2,1-4H3. The Bertz CT molecular complexity index is 554. The van der Waals surface area contributed by atoms with Crippen LogP contribution in [-0.4, -0.2) is 25.1 Å². The molecule has 0 aliphatic heterocycles. The van der Waals surface area contributed by atoms with E-state index < -0.39 is 0 Å². The molecule has 0 saturated heterocycles. The first-order valence-corrected chi connectivity index (χ1v) is 6.93. The van der Waals surface area contributed by atoms with Crippen LogP contribution in [0, 0.1) is 12.3 Å². The molecule has 0 radical (unpaired) electrons. The number of hydrogen-bond donors (Lipinski definition) is 2. The van der Waals surface area contributed by atoms with Gasteiger partial charge in [0, 0.05) is 30.2 Å². The number of nitrogens with one attached hydrogen (secondary N) is 1. The van der Waals surface area contributed by atoms with Crippen LogP contribution in [0.2, 0.25) is 0 Å². The maximum atomic E-state index is 5.81. The fraction of sp³-hybridized carbons (Fsp3) is 0.500. The molecule has 1 aromatic heterocycles. The number of aromatic amines is 1. The normalized spacial score (nSPS) is 12.1. The topological polar surface area (TPSA) is 45.0 Å². The maximum Gasteiger partial charge on any atom is 0.0651 e. The molecule has 3 nitrogen and oxygen atoms in total. The summed E-state index contributed by atoms with van der Waals surface area (Å²) >= 11 is 0. The van der Waals surface area contributed by atoms with Gasteiger partial charge in [-0.2, -0.15) is 0 Å². The van der Waals surface area contributed by atoms with Crippen LogP contribution in [0.4, 0.5) is 5.69 Å². The molecule has 0 saturated carbocycles. The monoisotopic (exact) mass is 259 g/mol. The van der Waals surface area contributed by atoms with Gasteiger partial charge in [-0.25, -0.2) is 0 Å². The number of aromatic nitrogens is 1. The van der Waals surface area contributed by atoms with E-state index in [9.17, 15) is 0 Å². The Morgan fingerprint density at radius 1 is 1.26 bits per heavy atom. The maximum absolute atomic E-state index is 5.81. The number of aryl methyl sites for hydroxylation is 1. The Labute approximate surface area is 115 Å². The summed E-state index contributed by atoms with van der Waals surface area (Å²) in [6, 6.07) is 8.47. The zero-order chi connectivity index (χ0) is 14.0. The molecule has 0 unspecified atom stereocenters. The second-order valence-electron chi connectivity index (χ2n) is 6.18. The van der Waals surface area contributed by atoms with Gasteiger partial charge in [0.2, 0.25) is 0 Å². The van der Waals surface area contributed by atoms with Crippen molar-refractivity contribution in [2.24, 2.45) is 11.1 Å². The van der Waals surface area contributed by atoms with Gasteiger partial charge in [0.15, 0.2) is 0 Å². The number of hydrogen-bond acceptors (Lipinski definition) is 2. The SMILES string of the molecule is Cc1[nH]c2ccccc2c1N(C)CCC(C)(C)CN. The molecule has 1 heterocycles. The van der Waals surface area contributed by atoms with E-state index in [4.69, 9.17) is 5.73 Å². The minimum atomic E-state index is 0.203. The van der Waals surface area contributed by atoms with Crippen molar-refractivity contribution in [1.29, 1.82) is 0 Å². The lowest BCUT2D eigenvalue weighted by molar-refractivity contribution is 0.351. The van der Waals surface area contributed by atoms with Crippen molar-refractivity contribution in [3.8, 4) is 0 Å². The van der Waals surface area contributed by atoms with Crippen molar-refractivity contribution in [2.75, 3.05) is 25.0 Å². The Kier molecular flexibility index (Phi) is 3.85. The van der Waals surface area contributed by atoms with Crippen molar-refractivity contribution in [1.82, 2.24) is 4.98 Å². The molecule has 0 fully saturated rings. The van der Waals surface area contributed by atoms with Gasteiger partial charge in [-0.05, 0) is 31.4 Å². The van der Waals surface area contributed by atoms with Gasteiger partial charge in [0.1, 0.15) is 0 Å². The van der Waals surface area contributed by atoms with E-state index in [1.165, 1.54) is 22.3 Å². The fourth-order valence-corrected chi connectivity index (χ4v) is 2.44. The van der Waals surface area contributed by atoms with Gasteiger partial charge >= 0.3 is 0 Å². The second-order valence-corrected chi connectivity index (χ2v) is 6.18. The van der Waals surface area contributed by atoms with E-state index in [-0.39, 0.29) is 5.41 Å². The number of fused-ring (bicyclic) bond motifs is 1. The van der Waals surface area contributed by atoms with E-state index in [1.54, 1.807) is 0 Å². The Balaban J connectivity index is 2.22. The van der Waals surface area contributed by atoms with E-state index in [1.807, 2.05) is 0 Å². The molecule has 0 aliphatic rings. The summed E-state index contributed by atoms with van der Waals surface area (Å²) < 4.78 is 0. The number of nitrogens with two attached hydrogens (primary N) is 1. The second kappa shape index (κ2) is 5.25. The molecule has 0 spiro atoms. The summed E-state index contributed by atoms with van der Waals surface area (Å²) in [5.74, 6) is 0. The van der Waals surface area contributed by atoms with Gasteiger partial charge in [0.25, 0.3) is 0 Å². The zero-order valence-electron chi connectivity index (χ0n) is 12.5. The average molecular weight is 259 g/mol. The molecule has 2 aromatic rings. The van der Waals surface area contributed by atoms with Gasteiger partial charge < -0.3 is 15.6 Å². The van der Waals surface area contributed by atoms with Crippen molar-refractivity contribution >= 4 is 16.6 Å². The molecule has 2 rings (SSSR count). The van der Waals surface area contributed by atoms with Crippen LogP contribution in [0.25, 0.3) is 10.9 Å². The fourth-order valence-electron chi connectivity index (χ4n) is 2.44. The molecule has 3 heteroatoms. The highest BCUT2D eigenvalue weighted by Gasteiger charge is 2.18. The van der Waals surface area contributed by atoms with Gasteiger partial charge in [0.05, 0.1) is 5.69 Å². The summed E-state index contributed by atoms with van der Waals surface area (Å²) in [7, 11) is 2.16. The summed E-state index contributed by atoms with van der Waals surface area (Å²) in [6.45, 7) is 8.34. The van der Waals surface area contributed by atoms with Crippen molar-refractivity contribution in [3.63, 3.8) is 0 Å². The van der Waals surface area contributed by atoms with Crippen LogP contribution in [0.5, 0.6) is 0 Å². The lowest BCUT2D eigenvalue weighted by Gasteiger charge is -2.27. The third kappa shape index (κ3) is 2.92. The predicted octanol–water partition coefficient (Wildman–Crippen LogP) is 3.29. The number of benzene rings is 1. The first kappa shape index (κ1) is 13.9. The highest BCUT2D eigenvalue weighted by molar-refractivity contribution is 5.94. The molecule has 19 heavy (non-hydrogen) atoms. The Hall–Kier alpha value is -1.48. The number of nitrogens with zero attached hydrogens (tertiary/aromatic N) is 1. The molecule has 104 valence electrons.